The molecule has 0 aromatic heterocycles. The van der Waals surface area contributed by atoms with Gasteiger partial charge < -0.3 is 5.32 Å². The Balaban J connectivity index is 1.94. The molecule has 96 valence electrons. The Bertz CT molecular complexity index is 446. The van der Waals surface area contributed by atoms with Crippen LogP contribution < -0.4 is 5.32 Å². The molecule has 0 heterocycles. The van der Waals surface area contributed by atoms with Crippen molar-refractivity contribution in [3.63, 3.8) is 0 Å². The smallest absolute Gasteiger partial charge is 0.145 e. The Morgan fingerprint density at radius 1 is 1.50 bits per heavy atom. The van der Waals surface area contributed by atoms with Crippen LogP contribution in [0.3, 0.4) is 0 Å². The first-order valence-electron chi connectivity index (χ1n) is 6.65. The van der Waals surface area contributed by atoms with E-state index in [0.29, 0.717) is 18.2 Å². The molecule has 1 aromatic carbocycles. The van der Waals surface area contributed by atoms with E-state index in [2.05, 4.69) is 12.2 Å². The molecule has 1 atom stereocenters. The molecule has 0 saturated heterocycles. The van der Waals surface area contributed by atoms with Crippen molar-refractivity contribution in [2.45, 2.75) is 45.2 Å². The van der Waals surface area contributed by atoms with Gasteiger partial charge in [-0.05, 0) is 24.8 Å². The summed E-state index contributed by atoms with van der Waals surface area (Å²) in [5.41, 5.74) is 0.716. The highest BCUT2D eigenvalue weighted by atomic mass is 19.1. The van der Waals surface area contributed by atoms with E-state index < -0.39 is 0 Å². The maximum absolute atomic E-state index is 13.8. The minimum absolute atomic E-state index is 0.129. The summed E-state index contributed by atoms with van der Waals surface area (Å²) in [7, 11) is 0. The number of hydrogen-bond acceptors (Lipinski definition) is 2. The van der Waals surface area contributed by atoms with Gasteiger partial charge >= 0.3 is 0 Å². The van der Waals surface area contributed by atoms with E-state index in [1.54, 1.807) is 12.1 Å². The first-order chi connectivity index (χ1) is 8.74. The van der Waals surface area contributed by atoms with Crippen LogP contribution in [0.5, 0.6) is 0 Å². The zero-order valence-corrected chi connectivity index (χ0v) is 10.7. The molecule has 3 heteroatoms. The molecule has 0 spiro atoms. The van der Waals surface area contributed by atoms with Gasteiger partial charge in [0.2, 0.25) is 0 Å². The van der Waals surface area contributed by atoms with Crippen LogP contribution in [0, 0.1) is 23.1 Å². The highest BCUT2D eigenvalue weighted by Gasteiger charge is 2.24. The van der Waals surface area contributed by atoms with E-state index in [1.807, 2.05) is 6.07 Å². The van der Waals surface area contributed by atoms with E-state index in [9.17, 15) is 4.39 Å². The number of hydrogen-bond donors (Lipinski definition) is 1. The molecule has 0 bridgehead atoms. The average Bonchev–Trinajstić information content (AvgIpc) is 3.19. The molecule has 1 aliphatic rings. The van der Waals surface area contributed by atoms with Gasteiger partial charge in [0.1, 0.15) is 11.9 Å². The first kappa shape index (κ1) is 13.0. The van der Waals surface area contributed by atoms with Crippen LogP contribution in [0.2, 0.25) is 0 Å². The predicted molar refractivity (Wildman–Crippen MR) is 69.4 cm³/mol. The van der Waals surface area contributed by atoms with Crippen molar-refractivity contribution in [2.24, 2.45) is 5.92 Å². The summed E-state index contributed by atoms with van der Waals surface area (Å²) < 4.78 is 13.8. The molecule has 1 aliphatic carbocycles. The van der Waals surface area contributed by atoms with Crippen LogP contribution in [0.4, 0.5) is 4.39 Å². The summed E-state index contributed by atoms with van der Waals surface area (Å²) in [5, 5.41) is 12.2. The van der Waals surface area contributed by atoms with Gasteiger partial charge in [-0.1, -0.05) is 31.9 Å². The lowest BCUT2D eigenvalue weighted by Gasteiger charge is -2.17. The lowest BCUT2D eigenvalue weighted by molar-refractivity contribution is 0.439. The Kier molecular flexibility index (Phi) is 4.33. The third-order valence-corrected chi connectivity index (χ3v) is 3.59. The second-order valence-electron chi connectivity index (χ2n) is 5.06. The van der Waals surface area contributed by atoms with Crippen LogP contribution in [0.25, 0.3) is 0 Å². The van der Waals surface area contributed by atoms with Gasteiger partial charge in [-0.2, -0.15) is 5.26 Å². The zero-order chi connectivity index (χ0) is 13.0. The van der Waals surface area contributed by atoms with E-state index in [1.165, 1.54) is 25.3 Å². The average molecular weight is 246 g/mol. The lowest BCUT2D eigenvalue weighted by Crippen LogP contribution is -2.28. The molecule has 0 amide bonds. The van der Waals surface area contributed by atoms with E-state index in [-0.39, 0.29) is 11.4 Å². The molecule has 1 fully saturated rings. The van der Waals surface area contributed by atoms with Crippen molar-refractivity contribution in [3.05, 3.63) is 35.1 Å². The normalized spacial score (nSPS) is 16.3. The van der Waals surface area contributed by atoms with Gasteiger partial charge in [0.15, 0.2) is 0 Å². The Morgan fingerprint density at radius 2 is 2.28 bits per heavy atom. The molecule has 1 N–H and O–H groups in total. The fourth-order valence-electron chi connectivity index (χ4n) is 2.21. The summed E-state index contributed by atoms with van der Waals surface area (Å²) in [5.74, 6) is 0.492. The summed E-state index contributed by atoms with van der Waals surface area (Å²) in [6.07, 6.45) is 4.94. The van der Waals surface area contributed by atoms with Gasteiger partial charge in [-0.3, -0.25) is 0 Å². The molecule has 2 rings (SSSR count). The highest BCUT2D eigenvalue weighted by Crippen LogP contribution is 2.34. The minimum Gasteiger partial charge on any atom is -0.310 e. The van der Waals surface area contributed by atoms with Crippen molar-refractivity contribution in [1.29, 1.82) is 5.26 Å². The summed E-state index contributed by atoms with van der Waals surface area (Å²) >= 11 is 0. The van der Waals surface area contributed by atoms with Crippen molar-refractivity contribution in [2.75, 3.05) is 0 Å². The first-order valence-corrected chi connectivity index (χ1v) is 6.65. The summed E-state index contributed by atoms with van der Waals surface area (Å²) in [6, 6.07) is 7.33. The second-order valence-corrected chi connectivity index (χ2v) is 5.06. The topological polar surface area (TPSA) is 35.8 Å². The number of benzene rings is 1. The third-order valence-electron chi connectivity index (χ3n) is 3.59. The fourth-order valence-corrected chi connectivity index (χ4v) is 2.21. The molecule has 2 nitrogen and oxygen atoms in total. The zero-order valence-electron chi connectivity index (χ0n) is 10.7. The number of nitrogens with zero attached hydrogens (tertiary/aromatic N) is 1. The van der Waals surface area contributed by atoms with E-state index in [4.69, 9.17) is 5.26 Å². The lowest BCUT2D eigenvalue weighted by atomic mass is 10.1. The maximum atomic E-state index is 13.8. The molecule has 1 unspecified atom stereocenters. The fraction of sp³-hybridized carbons (Fsp3) is 0.533. The summed E-state index contributed by atoms with van der Waals surface area (Å²) in [6.45, 7) is 2.66. The quantitative estimate of drug-likeness (QED) is 0.835. The summed E-state index contributed by atoms with van der Waals surface area (Å²) in [4.78, 5) is 0. The number of nitriles is 1. The molecular formula is C15H19FN2. The van der Waals surface area contributed by atoms with E-state index >= 15 is 0 Å². The number of nitrogens with one attached hydrogen (secondary N) is 1. The third kappa shape index (κ3) is 3.30. The van der Waals surface area contributed by atoms with Crippen molar-refractivity contribution in [3.8, 4) is 6.07 Å². The van der Waals surface area contributed by atoms with Gasteiger partial charge in [-0.15, -0.1) is 0 Å². The van der Waals surface area contributed by atoms with Crippen LogP contribution in [-0.4, -0.2) is 6.04 Å². The Labute approximate surface area is 108 Å². The SMILES string of the molecule is CCC(CC1CC1)NCc1cccc(C#N)c1F. The van der Waals surface area contributed by atoms with Crippen LogP contribution in [0.15, 0.2) is 18.2 Å². The van der Waals surface area contributed by atoms with E-state index in [0.717, 1.165) is 12.3 Å². The molecular weight excluding hydrogens is 227 g/mol. The van der Waals surface area contributed by atoms with Crippen molar-refractivity contribution < 1.29 is 4.39 Å². The Morgan fingerprint density at radius 3 is 2.89 bits per heavy atom. The van der Waals surface area contributed by atoms with Gasteiger partial charge in [0.25, 0.3) is 0 Å². The number of halogens is 1. The molecule has 1 saturated carbocycles. The van der Waals surface area contributed by atoms with Crippen LogP contribution in [-0.2, 0) is 6.54 Å². The molecule has 18 heavy (non-hydrogen) atoms. The molecule has 0 radical (unpaired) electrons. The standard InChI is InChI=1S/C15H19FN2/c1-2-14(8-11-6-7-11)18-10-13-5-3-4-12(9-17)15(13)16/h3-5,11,14,18H,2,6-8,10H2,1H3. The van der Waals surface area contributed by atoms with Crippen LogP contribution in [0.1, 0.15) is 43.7 Å². The molecule has 1 aromatic rings. The largest absolute Gasteiger partial charge is 0.310 e. The maximum Gasteiger partial charge on any atom is 0.145 e. The monoisotopic (exact) mass is 246 g/mol. The van der Waals surface area contributed by atoms with Crippen LogP contribution >= 0.6 is 0 Å². The van der Waals surface area contributed by atoms with Gasteiger partial charge in [0, 0.05) is 18.2 Å². The van der Waals surface area contributed by atoms with Gasteiger partial charge in [-0.25, -0.2) is 4.39 Å². The van der Waals surface area contributed by atoms with Gasteiger partial charge in [0.05, 0.1) is 5.56 Å². The second kappa shape index (κ2) is 5.97. The Hall–Kier alpha value is -1.40. The predicted octanol–water partition coefficient (Wildman–Crippen LogP) is 3.37. The minimum atomic E-state index is -0.381. The van der Waals surface area contributed by atoms with Crippen molar-refractivity contribution >= 4 is 0 Å². The molecule has 0 aliphatic heterocycles. The number of rotatable bonds is 6. The van der Waals surface area contributed by atoms with Crippen molar-refractivity contribution in [1.82, 2.24) is 5.32 Å². The highest BCUT2D eigenvalue weighted by molar-refractivity contribution is 5.34.